The van der Waals surface area contributed by atoms with Crippen molar-refractivity contribution in [2.45, 2.75) is 0 Å². The minimum absolute atomic E-state index is 0.293. The lowest BCUT2D eigenvalue weighted by Crippen LogP contribution is -2.36. The van der Waals surface area contributed by atoms with Gasteiger partial charge in [0.25, 0.3) is 5.56 Å². The van der Waals surface area contributed by atoms with E-state index < -0.39 is 0 Å². The Bertz CT molecular complexity index is 962. The van der Waals surface area contributed by atoms with Crippen LogP contribution in [0.15, 0.2) is 40.1 Å². The van der Waals surface area contributed by atoms with E-state index in [2.05, 4.69) is 0 Å². The predicted molar refractivity (Wildman–Crippen MR) is 83.8 cm³/mol. The zero-order valence-corrected chi connectivity index (χ0v) is 12.7. The average Bonchev–Trinajstić information content (AvgIpc) is 2.81. The first kappa shape index (κ1) is 13.7. The van der Waals surface area contributed by atoms with Gasteiger partial charge >= 0.3 is 5.69 Å². The van der Waals surface area contributed by atoms with E-state index >= 15 is 0 Å². The summed E-state index contributed by atoms with van der Waals surface area (Å²) in [6.07, 6.45) is 1.79. The van der Waals surface area contributed by atoms with Gasteiger partial charge in [0.15, 0.2) is 0 Å². The molecule has 3 aromatic rings. The van der Waals surface area contributed by atoms with Gasteiger partial charge < -0.3 is 4.57 Å². The molecule has 5 nitrogen and oxygen atoms in total. The van der Waals surface area contributed by atoms with Crippen molar-refractivity contribution in [1.29, 1.82) is 0 Å². The van der Waals surface area contributed by atoms with Crippen molar-refractivity contribution in [3.05, 3.63) is 56.3 Å². The van der Waals surface area contributed by atoms with E-state index in [1.807, 2.05) is 23.7 Å². The van der Waals surface area contributed by atoms with Crippen molar-refractivity contribution < 1.29 is 0 Å². The highest BCUT2D eigenvalue weighted by atomic mass is 35.5. The van der Waals surface area contributed by atoms with Crippen LogP contribution < -0.4 is 11.2 Å². The third-order valence-corrected chi connectivity index (χ3v) is 3.98. The number of rotatable bonds is 1. The second-order valence-corrected chi connectivity index (χ2v) is 5.50. The second kappa shape index (κ2) is 4.63. The summed E-state index contributed by atoms with van der Waals surface area (Å²) < 4.78 is 4.46. The molecule has 0 N–H and O–H groups in total. The molecule has 6 heteroatoms. The van der Waals surface area contributed by atoms with Crippen LogP contribution in [0.1, 0.15) is 0 Å². The average molecular weight is 304 g/mol. The van der Waals surface area contributed by atoms with Gasteiger partial charge in [-0.25, -0.2) is 4.79 Å². The Balaban J connectivity index is 2.50. The molecule has 0 fully saturated rings. The van der Waals surface area contributed by atoms with Gasteiger partial charge in [-0.15, -0.1) is 0 Å². The molecule has 0 atom stereocenters. The van der Waals surface area contributed by atoms with Gasteiger partial charge in [0.05, 0.1) is 16.6 Å². The van der Waals surface area contributed by atoms with Crippen LogP contribution in [0.5, 0.6) is 0 Å². The lowest BCUT2D eigenvalue weighted by atomic mass is 10.1. The van der Waals surface area contributed by atoms with Crippen LogP contribution in [-0.2, 0) is 21.1 Å². The molecular weight excluding hydrogens is 290 g/mol. The fourth-order valence-corrected chi connectivity index (χ4v) is 2.74. The molecule has 0 aliphatic carbocycles. The maximum atomic E-state index is 12.5. The lowest BCUT2D eigenvalue weighted by molar-refractivity contribution is 0.714. The molecule has 3 rings (SSSR count). The van der Waals surface area contributed by atoms with E-state index in [1.165, 1.54) is 11.6 Å². The molecule has 0 bridgehead atoms. The molecule has 0 amide bonds. The topological polar surface area (TPSA) is 48.9 Å². The molecule has 2 heterocycles. The van der Waals surface area contributed by atoms with Gasteiger partial charge in [0, 0.05) is 32.4 Å². The molecule has 0 saturated carbocycles. The standard InChI is InChI=1S/C15H14ClN3O2/c1-17-8-11-12(14(20)19(3)15(21)18(11)2)13(17)9-4-6-10(16)7-5-9/h4-8H,1-3H3. The lowest BCUT2D eigenvalue weighted by Gasteiger charge is -2.06. The number of halogens is 1. The first-order valence-electron chi connectivity index (χ1n) is 6.43. The molecular formula is C15H14ClN3O2. The molecule has 108 valence electrons. The maximum Gasteiger partial charge on any atom is 0.330 e. The Morgan fingerprint density at radius 1 is 0.952 bits per heavy atom. The maximum absolute atomic E-state index is 12.5. The Labute approximate surface area is 125 Å². The third kappa shape index (κ3) is 1.93. The minimum atomic E-state index is -0.333. The fourth-order valence-electron chi connectivity index (χ4n) is 2.61. The molecule has 0 unspecified atom stereocenters. The van der Waals surface area contributed by atoms with Crippen LogP contribution in [0.2, 0.25) is 5.02 Å². The van der Waals surface area contributed by atoms with Crippen LogP contribution >= 0.6 is 11.6 Å². The Kier molecular flexibility index (Phi) is 3.02. The van der Waals surface area contributed by atoms with Crippen molar-refractivity contribution in [2.24, 2.45) is 21.1 Å². The normalized spacial score (nSPS) is 11.2. The Morgan fingerprint density at radius 3 is 2.19 bits per heavy atom. The summed E-state index contributed by atoms with van der Waals surface area (Å²) in [7, 11) is 5.01. The number of benzene rings is 1. The minimum Gasteiger partial charge on any atom is -0.348 e. The van der Waals surface area contributed by atoms with Crippen LogP contribution in [-0.4, -0.2) is 13.7 Å². The van der Waals surface area contributed by atoms with Crippen LogP contribution in [0, 0.1) is 0 Å². The zero-order chi connectivity index (χ0) is 15.3. The highest BCUT2D eigenvalue weighted by Crippen LogP contribution is 2.27. The van der Waals surface area contributed by atoms with Gasteiger partial charge in [-0.2, -0.15) is 0 Å². The fraction of sp³-hybridized carbons (Fsp3) is 0.200. The summed E-state index contributed by atoms with van der Waals surface area (Å²) >= 11 is 5.92. The van der Waals surface area contributed by atoms with Crippen molar-refractivity contribution in [3.8, 4) is 11.3 Å². The van der Waals surface area contributed by atoms with Crippen molar-refractivity contribution in [3.63, 3.8) is 0 Å². The third-order valence-electron chi connectivity index (χ3n) is 3.73. The van der Waals surface area contributed by atoms with E-state index in [1.54, 1.807) is 25.4 Å². The highest BCUT2D eigenvalue weighted by Gasteiger charge is 2.17. The van der Waals surface area contributed by atoms with Gasteiger partial charge in [0.2, 0.25) is 0 Å². The van der Waals surface area contributed by atoms with E-state index in [0.29, 0.717) is 15.9 Å². The molecule has 21 heavy (non-hydrogen) atoms. The van der Waals surface area contributed by atoms with Gasteiger partial charge in [-0.05, 0) is 17.7 Å². The van der Waals surface area contributed by atoms with Crippen molar-refractivity contribution in [1.82, 2.24) is 13.7 Å². The molecule has 0 saturated heterocycles. The summed E-state index contributed by atoms with van der Waals surface area (Å²) in [5.74, 6) is 0. The SMILES string of the molecule is Cn1cc2c(c1-c1ccc(Cl)cc1)c(=O)n(C)c(=O)n2C. The Morgan fingerprint density at radius 2 is 1.57 bits per heavy atom. The molecule has 2 aromatic heterocycles. The second-order valence-electron chi connectivity index (χ2n) is 5.06. The van der Waals surface area contributed by atoms with Gasteiger partial charge in [0.1, 0.15) is 0 Å². The highest BCUT2D eigenvalue weighted by molar-refractivity contribution is 6.30. The van der Waals surface area contributed by atoms with E-state index in [9.17, 15) is 9.59 Å². The zero-order valence-electron chi connectivity index (χ0n) is 11.9. The van der Waals surface area contributed by atoms with Crippen molar-refractivity contribution >= 4 is 22.5 Å². The van der Waals surface area contributed by atoms with Gasteiger partial charge in [-0.3, -0.25) is 13.9 Å². The number of fused-ring (bicyclic) bond motifs is 1. The first-order valence-corrected chi connectivity index (χ1v) is 6.80. The summed E-state index contributed by atoms with van der Waals surface area (Å²) in [5.41, 5.74) is 1.65. The summed E-state index contributed by atoms with van der Waals surface area (Å²) in [4.78, 5) is 24.5. The van der Waals surface area contributed by atoms with E-state index in [-0.39, 0.29) is 11.2 Å². The van der Waals surface area contributed by atoms with E-state index in [4.69, 9.17) is 11.6 Å². The van der Waals surface area contributed by atoms with Crippen LogP contribution in [0.25, 0.3) is 22.2 Å². The molecule has 0 aliphatic heterocycles. The molecule has 1 aromatic carbocycles. The van der Waals surface area contributed by atoms with E-state index in [0.717, 1.165) is 15.8 Å². The number of aromatic nitrogens is 3. The Hall–Kier alpha value is -2.27. The van der Waals surface area contributed by atoms with Crippen LogP contribution in [0.3, 0.4) is 0 Å². The monoisotopic (exact) mass is 303 g/mol. The van der Waals surface area contributed by atoms with Crippen LogP contribution in [0.4, 0.5) is 0 Å². The number of hydrogen-bond donors (Lipinski definition) is 0. The predicted octanol–water partition coefficient (Wildman–Crippen LogP) is 1.90. The van der Waals surface area contributed by atoms with Gasteiger partial charge in [-0.1, -0.05) is 23.7 Å². The summed E-state index contributed by atoms with van der Waals surface area (Å²) in [5, 5.41) is 1.17. The first-order chi connectivity index (χ1) is 9.91. The molecule has 0 radical (unpaired) electrons. The summed E-state index contributed by atoms with van der Waals surface area (Å²) in [6, 6.07) is 7.29. The van der Waals surface area contributed by atoms with Crippen molar-refractivity contribution in [2.75, 3.05) is 0 Å². The largest absolute Gasteiger partial charge is 0.348 e. The molecule has 0 aliphatic rings. The number of aryl methyl sites for hydroxylation is 2. The number of hydrogen-bond acceptors (Lipinski definition) is 2. The summed E-state index contributed by atoms with van der Waals surface area (Å²) in [6.45, 7) is 0. The quantitative estimate of drug-likeness (QED) is 0.689. The molecule has 0 spiro atoms. The number of nitrogens with zero attached hydrogens (tertiary/aromatic N) is 3. The smallest absolute Gasteiger partial charge is 0.330 e.